The van der Waals surface area contributed by atoms with Gasteiger partial charge >= 0.3 is 0 Å². The van der Waals surface area contributed by atoms with Gasteiger partial charge in [-0.2, -0.15) is 0 Å². The summed E-state index contributed by atoms with van der Waals surface area (Å²) in [5.74, 6) is 1.46. The Morgan fingerprint density at radius 2 is 2.15 bits per heavy atom. The number of methoxy groups -OCH3 is 1. The maximum Gasteiger partial charge on any atom is 0.128 e. The number of aliphatic hydroxyl groups excluding tert-OH is 1. The van der Waals surface area contributed by atoms with Crippen LogP contribution in [0.15, 0.2) is 36.4 Å². The maximum atomic E-state index is 10.6. The van der Waals surface area contributed by atoms with Gasteiger partial charge in [-0.3, -0.25) is 0 Å². The average Bonchev–Trinajstić information content (AvgIpc) is 2.93. The first kappa shape index (κ1) is 13.3. The van der Waals surface area contributed by atoms with Crippen LogP contribution in [0.5, 0.6) is 11.5 Å². The van der Waals surface area contributed by atoms with Gasteiger partial charge in [0.05, 0.1) is 13.7 Å². The van der Waals surface area contributed by atoms with Crippen LogP contribution in [0.2, 0.25) is 5.02 Å². The van der Waals surface area contributed by atoms with Crippen LogP contribution in [-0.4, -0.2) is 18.8 Å². The third-order valence-electron chi connectivity index (χ3n) is 3.48. The van der Waals surface area contributed by atoms with E-state index < -0.39 is 6.10 Å². The topological polar surface area (TPSA) is 38.7 Å². The highest BCUT2D eigenvalue weighted by molar-refractivity contribution is 6.30. The van der Waals surface area contributed by atoms with Crippen LogP contribution in [0.4, 0.5) is 0 Å². The van der Waals surface area contributed by atoms with Gasteiger partial charge in [0.25, 0.3) is 0 Å². The van der Waals surface area contributed by atoms with Gasteiger partial charge in [0.1, 0.15) is 17.6 Å². The first-order chi connectivity index (χ1) is 9.69. The summed E-state index contributed by atoms with van der Waals surface area (Å²) in [4.78, 5) is 0. The van der Waals surface area contributed by atoms with Crippen LogP contribution in [0.25, 0.3) is 0 Å². The van der Waals surface area contributed by atoms with Crippen LogP contribution in [0, 0.1) is 0 Å². The van der Waals surface area contributed by atoms with Crippen molar-refractivity contribution in [2.24, 2.45) is 0 Å². The molecule has 4 heteroatoms. The van der Waals surface area contributed by atoms with Crippen molar-refractivity contribution in [2.45, 2.75) is 12.5 Å². The molecule has 1 N–H and O–H groups in total. The number of rotatable bonds is 3. The number of aliphatic hydroxyl groups is 1. The van der Waals surface area contributed by atoms with Gasteiger partial charge in [0.2, 0.25) is 0 Å². The number of fused-ring (bicyclic) bond motifs is 1. The second-order valence-electron chi connectivity index (χ2n) is 4.76. The van der Waals surface area contributed by atoms with Crippen LogP contribution in [0.3, 0.4) is 0 Å². The summed E-state index contributed by atoms with van der Waals surface area (Å²) in [6, 6.07) is 11.0. The fourth-order valence-corrected chi connectivity index (χ4v) is 2.74. The van der Waals surface area contributed by atoms with Gasteiger partial charge in [-0.1, -0.05) is 23.7 Å². The summed E-state index contributed by atoms with van der Waals surface area (Å²) in [7, 11) is 1.60. The molecule has 104 valence electrons. The standard InChI is InChI=1S/C16H15ClO3/c1-19-13-4-2-3-10(8-13)15(18)14-9-12(17)7-11-5-6-20-16(11)14/h2-4,7-9,15,18H,5-6H2,1H3. The Labute approximate surface area is 122 Å². The maximum absolute atomic E-state index is 10.6. The van der Waals surface area contributed by atoms with Crippen LogP contribution in [-0.2, 0) is 6.42 Å². The fourth-order valence-electron chi connectivity index (χ4n) is 2.49. The van der Waals surface area contributed by atoms with E-state index in [1.807, 2.05) is 30.3 Å². The number of halogens is 1. The Bertz CT molecular complexity index is 640. The van der Waals surface area contributed by atoms with E-state index in [2.05, 4.69) is 0 Å². The van der Waals surface area contributed by atoms with E-state index in [1.54, 1.807) is 13.2 Å². The Morgan fingerprint density at radius 1 is 1.30 bits per heavy atom. The third-order valence-corrected chi connectivity index (χ3v) is 3.70. The quantitative estimate of drug-likeness (QED) is 0.942. The molecule has 3 nitrogen and oxygen atoms in total. The fraction of sp³-hybridized carbons (Fsp3) is 0.250. The summed E-state index contributed by atoms with van der Waals surface area (Å²) in [5, 5.41) is 11.2. The molecule has 1 aliphatic rings. The van der Waals surface area contributed by atoms with Crippen LogP contribution >= 0.6 is 11.6 Å². The van der Waals surface area contributed by atoms with E-state index in [9.17, 15) is 5.11 Å². The molecule has 1 heterocycles. The SMILES string of the molecule is COc1cccc(C(O)c2cc(Cl)cc3c2OCC3)c1. The molecule has 1 unspecified atom stereocenters. The molecule has 0 spiro atoms. The van der Waals surface area contributed by atoms with E-state index in [0.717, 1.165) is 23.3 Å². The Morgan fingerprint density at radius 3 is 2.95 bits per heavy atom. The average molecular weight is 291 g/mol. The van der Waals surface area contributed by atoms with Gasteiger partial charge in [-0.15, -0.1) is 0 Å². The minimum absolute atomic E-state index is 0.617. The van der Waals surface area contributed by atoms with E-state index in [4.69, 9.17) is 21.1 Å². The van der Waals surface area contributed by atoms with E-state index in [0.29, 0.717) is 22.9 Å². The highest BCUT2D eigenvalue weighted by atomic mass is 35.5. The van der Waals surface area contributed by atoms with E-state index in [-0.39, 0.29) is 0 Å². The van der Waals surface area contributed by atoms with Gasteiger partial charge in [-0.05, 0) is 35.4 Å². The molecule has 0 saturated heterocycles. The van der Waals surface area contributed by atoms with Gasteiger partial charge in [0.15, 0.2) is 0 Å². The molecule has 1 aliphatic heterocycles. The lowest BCUT2D eigenvalue weighted by Gasteiger charge is -2.16. The first-order valence-electron chi connectivity index (χ1n) is 6.46. The van der Waals surface area contributed by atoms with E-state index in [1.165, 1.54) is 0 Å². The van der Waals surface area contributed by atoms with Crippen molar-refractivity contribution in [1.82, 2.24) is 0 Å². The minimum Gasteiger partial charge on any atom is -0.497 e. The number of hydrogen-bond donors (Lipinski definition) is 1. The smallest absolute Gasteiger partial charge is 0.128 e. The molecule has 2 aromatic rings. The van der Waals surface area contributed by atoms with Crippen LogP contribution < -0.4 is 9.47 Å². The lowest BCUT2D eigenvalue weighted by Crippen LogP contribution is -2.02. The molecule has 0 fully saturated rings. The van der Waals surface area contributed by atoms with E-state index >= 15 is 0 Å². The number of benzene rings is 2. The molecule has 1 atom stereocenters. The predicted octanol–water partition coefficient (Wildman–Crippen LogP) is 3.37. The van der Waals surface area contributed by atoms with Gasteiger partial charge < -0.3 is 14.6 Å². The zero-order chi connectivity index (χ0) is 14.1. The number of hydrogen-bond acceptors (Lipinski definition) is 3. The summed E-state index contributed by atoms with van der Waals surface area (Å²) in [6.45, 7) is 0.632. The largest absolute Gasteiger partial charge is 0.497 e. The Kier molecular flexibility index (Phi) is 3.55. The highest BCUT2D eigenvalue weighted by Crippen LogP contribution is 2.38. The molecule has 0 saturated carbocycles. The molecular weight excluding hydrogens is 276 g/mol. The predicted molar refractivity (Wildman–Crippen MR) is 77.7 cm³/mol. The molecule has 3 rings (SSSR count). The van der Waals surface area contributed by atoms with Gasteiger partial charge in [0, 0.05) is 17.0 Å². The first-order valence-corrected chi connectivity index (χ1v) is 6.84. The molecule has 0 aliphatic carbocycles. The zero-order valence-corrected chi connectivity index (χ0v) is 11.9. The Balaban J connectivity index is 2.04. The summed E-state index contributed by atoms with van der Waals surface area (Å²) < 4.78 is 10.8. The Hall–Kier alpha value is -1.71. The summed E-state index contributed by atoms with van der Waals surface area (Å²) >= 11 is 6.13. The van der Waals surface area contributed by atoms with Crippen molar-refractivity contribution in [3.8, 4) is 11.5 Å². The van der Waals surface area contributed by atoms with Gasteiger partial charge in [-0.25, -0.2) is 0 Å². The molecule has 0 aromatic heterocycles. The molecule has 0 amide bonds. The van der Waals surface area contributed by atoms with Crippen molar-refractivity contribution >= 4 is 11.6 Å². The third kappa shape index (κ3) is 2.35. The monoisotopic (exact) mass is 290 g/mol. The molecular formula is C16H15ClO3. The molecule has 0 bridgehead atoms. The highest BCUT2D eigenvalue weighted by Gasteiger charge is 2.23. The molecule has 0 radical (unpaired) electrons. The second-order valence-corrected chi connectivity index (χ2v) is 5.20. The van der Waals surface area contributed by atoms with Crippen molar-refractivity contribution in [3.63, 3.8) is 0 Å². The van der Waals surface area contributed by atoms with Crippen molar-refractivity contribution in [2.75, 3.05) is 13.7 Å². The zero-order valence-electron chi connectivity index (χ0n) is 11.1. The van der Waals surface area contributed by atoms with Crippen LogP contribution in [0.1, 0.15) is 22.8 Å². The lowest BCUT2D eigenvalue weighted by atomic mass is 9.98. The molecule has 2 aromatic carbocycles. The van der Waals surface area contributed by atoms with Crippen molar-refractivity contribution < 1.29 is 14.6 Å². The summed E-state index contributed by atoms with van der Waals surface area (Å²) in [5.41, 5.74) is 2.51. The summed E-state index contributed by atoms with van der Waals surface area (Å²) in [6.07, 6.45) is 0.0453. The minimum atomic E-state index is -0.782. The van der Waals surface area contributed by atoms with Crippen molar-refractivity contribution in [3.05, 3.63) is 58.1 Å². The lowest BCUT2D eigenvalue weighted by molar-refractivity contribution is 0.213. The van der Waals surface area contributed by atoms with Crippen molar-refractivity contribution in [1.29, 1.82) is 0 Å². The normalized spacial score (nSPS) is 14.6. The molecule has 20 heavy (non-hydrogen) atoms. The number of ether oxygens (including phenoxy) is 2. The second kappa shape index (κ2) is 5.35.